The van der Waals surface area contributed by atoms with Crippen LogP contribution in [0.2, 0.25) is 0 Å². The Balaban J connectivity index is 1.74. The number of esters is 1. The molecule has 0 spiro atoms. The highest BCUT2D eigenvalue weighted by atomic mass is 32.1. The molecule has 3 rings (SSSR count). The summed E-state index contributed by atoms with van der Waals surface area (Å²) in [5.74, 6) is 0.429. The summed E-state index contributed by atoms with van der Waals surface area (Å²) >= 11 is 6.86. The number of amides is 1. The normalized spacial score (nSPS) is 15.6. The van der Waals surface area contributed by atoms with Gasteiger partial charge in [-0.05, 0) is 60.5 Å². The van der Waals surface area contributed by atoms with Crippen molar-refractivity contribution in [2.24, 2.45) is 11.3 Å². The summed E-state index contributed by atoms with van der Waals surface area (Å²) in [6.07, 6.45) is 5.80. The summed E-state index contributed by atoms with van der Waals surface area (Å²) in [7, 11) is 2.95. The third-order valence-corrected chi connectivity index (χ3v) is 7.27. The lowest BCUT2D eigenvalue weighted by Crippen LogP contribution is -2.33. The van der Waals surface area contributed by atoms with E-state index in [2.05, 4.69) is 31.4 Å². The first-order valence-corrected chi connectivity index (χ1v) is 12.0. The molecule has 1 atom stereocenters. The van der Waals surface area contributed by atoms with Crippen molar-refractivity contribution in [2.75, 3.05) is 19.5 Å². The smallest absolute Gasteiger partial charge is 0.341 e. The number of hydrogen-bond acceptors (Lipinski definition) is 6. The summed E-state index contributed by atoms with van der Waals surface area (Å²) in [6, 6.07) is 7.39. The van der Waals surface area contributed by atoms with Crippen LogP contribution in [0.15, 0.2) is 30.3 Å². The second-order valence-electron chi connectivity index (χ2n) is 9.02. The third-order valence-electron chi connectivity index (χ3n) is 5.90. The number of carbonyl (C=O) groups excluding carboxylic acids is 2. The van der Waals surface area contributed by atoms with Crippen LogP contribution in [-0.2, 0) is 22.4 Å². The Morgan fingerprint density at radius 2 is 1.94 bits per heavy atom. The van der Waals surface area contributed by atoms with E-state index in [0.29, 0.717) is 22.2 Å². The molecule has 0 bridgehead atoms. The van der Waals surface area contributed by atoms with Crippen LogP contribution in [0.4, 0.5) is 5.00 Å². The molecule has 1 unspecified atom stereocenters. The molecule has 176 valence electrons. The molecule has 1 aromatic carbocycles. The van der Waals surface area contributed by atoms with Gasteiger partial charge < -0.3 is 14.8 Å². The Morgan fingerprint density at radius 1 is 1.21 bits per heavy atom. The highest BCUT2D eigenvalue weighted by molar-refractivity contribution is 7.80. The molecule has 8 heteroatoms. The number of rotatable bonds is 5. The summed E-state index contributed by atoms with van der Waals surface area (Å²) in [5.41, 5.74) is 2.52. The lowest BCUT2D eigenvalue weighted by atomic mass is 9.72. The first-order chi connectivity index (χ1) is 15.6. The number of anilines is 1. The van der Waals surface area contributed by atoms with Crippen molar-refractivity contribution in [2.45, 2.75) is 40.0 Å². The van der Waals surface area contributed by atoms with Crippen molar-refractivity contribution >= 4 is 51.6 Å². The van der Waals surface area contributed by atoms with Gasteiger partial charge in [-0.1, -0.05) is 39.0 Å². The minimum absolute atomic E-state index is 0.126. The molecular weight excluding hydrogens is 456 g/mol. The van der Waals surface area contributed by atoms with Crippen molar-refractivity contribution in [1.82, 2.24) is 5.32 Å². The number of thiophene rings is 1. The molecule has 1 aliphatic carbocycles. The van der Waals surface area contributed by atoms with Gasteiger partial charge in [0.15, 0.2) is 5.11 Å². The maximum absolute atomic E-state index is 12.6. The van der Waals surface area contributed by atoms with Crippen molar-refractivity contribution in [3.8, 4) is 5.75 Å². The standard InChI is InChI=1S/C25H30N2O4S2/c1-25(2,3)16-11-12-17-19(14-16)33-22(21(17)23(29)31-5)27-24(32)26-20(28)13-10-15-8-6-7-9-18(15)30-4/h6-10,13,16H,11-12,14H2,1-5H3,(H2,26,27,28,32)/b13-10+. The average molecular weight is 487 g/mol. The zero-order chi connectivity index (χ0) is 24.2. The predicted molar refractivity (Wildman–Crippen MR) is 137 cm³/mol. The van der Waals surface area contributed by atoms with Crippen LogP contribution in [0.5, 0.6) is 5.75 Å². The predicted octanol–water partition coefficient (Wildman–Crippen LogP) is 5.22. The Bertz CT molecular complexity index is 1080. The summed E-state index contributed by atoms with van der Waals surface area (Å²) in [4.78, 5) is 26.1. The van der Waals surface area contributed by atoms with Crippen LogP contribution < -0.4 is 15.4 Å². The number of thiocarbonyl (C=S) groups is 1. The molecule has 0 aliphatic heterocycles. The maximum Gasteiger partial charge on any atom is 0.341 e. The Morgan fingerprint density at radius 3 is 2.61 bits per heavy atom. The van der Waals surface area contributed by atoms with Gasteiger partial charge in [0.1, 0.15) is 10.8 Å². The molecule has 33 heavy (non-hydrogen) atoms. The number of ether oxygens (including phenoxy) is 2. The van der Waals surface area contributed by atoms with Gasteiger partial charge in [0.25, 0.3) is 0 Å². The zero-order valence-electron chi connectivity index (χ0n) is 19.6. The van der Waals surface area contributed by atoms with Gasteiger partial charge in [0.05, 0.1) is 19.8 Å². The topological polar surface area (TPSA) is 76.7 Å². The van der Waals surface area contributed by atoms with Crippen LogP contribution in [-0.4, -0.2) is 31.2 Å². The Kier molecular flexibility index (Phi) is 7.92. The third kappa shape index (κ3) is 6.00. The van der Waals surface area contributed by atoms with E-state index < -0.39 is 5.97 Å². The van der Waals surface area contributed by atoms with E-state index in [1.807, 2.05) is 24.3 Å². The van der Waals surface area contributed by atoms with Crippen molar-refractivity contribution < 1.29 is 19.1 Å². The largest absolute Gasteiger partial charge is 0.496 e. The molecule has 0 radical (unpaired) electrons. The molecular formula is C25H30N2O4S2. The van der Waals surface area contributed by atoms with E-state index in [1.165, 1.54) is 29.4 Å². The number of benzene rings is 1. The number of para-hydroxylation sites is 1. The molecule has 1 aliphatic rings. The number of methoxy groups -OCH3 is 2. The van der Waals surface area contributed by atoms with Crippen LogP contribution >= 0.6 is 23.6 Å². The van der Waals surface area contributed by atoms with Crippen LogP contribution in [0.25, 0.3) is 6.08 Å². The highest BCUT2D eigenvalue weighted by Gasteiger charge is 2.34. The van der Waals surface area contributed by atoms with E-state index in [1.54, 1.807) is 13.2 Å². The van der Waals surface area contributed by atoms with Crippen LogP contribution in [0, 0.1) is 11.3 Å². The summed E-state index contributed by atoms with van der Waals surface area (Å²) in [5, 5.41) is 6.43. The number of fused-ring (bicyclic) bond motifs is 1. The Hall–Kier alpha value is -2.71. The molecule has 0 saturated carbocycles. The fourth-order valence-corrected chi connectivity index (χ4v) is 5.58. The SMILES string of the molecule is COC(=O)c1c(NC(=S)NC(=O)/C=C/c2ccccc2OC)sc2c1CCC(C(C)(C)C)C2. The minimum atomic E-state index is -0.394. The molecule has 2 N–H and O–H groups in total. The van der Waals surface area contributed by atoms with E-state index >= 15 is 0 Å². The second kappa shape index (κ2) is 10.5. The molecule has 1 aromatic heterocycles. The average Bonchev–Trinajstić information content (AvgIpc) is 3.13. The molecule has 1 heterocycles. The quantitative estimate of drug-likeness (QED) is 0.343. The van der Waals surface area contributed by atoms with Crippen molar-refractivity contribution in [3.63, 3.8) is 0 Å². The van der Waals surface area contributed by atoms with Gasteiger partial charge in [-0.2, -0.15) is 0 Å². The first-order valence-electron chi connectivity index (χ1n) is 10.8. The number of carbonyl (C=O) groups is 2. The van der Waals surface area contributed by atoms with E-state index in [9.17, 15) is 9.59 Å². The Labute approximate surface area is 204 Å². The second-order valence-corrected chi connectivity index (χ2v) is 10.5. The molecule has 2 aromatic rings. The molecule has 6 nitrogen and oxygen atoms in total. The van der Waals surface area contributed by atoms with Crippen molar-refractivity contribution in [3.05, 3.63) is 51.9 Å². The lowest BCUT2D eigenvalue weighted by molar-refractivity contribution is -0.115. The fraction of sp³-hybridized carbons (Fsp3) is 0.400. The summed E-state index contributed by atoms with van der Waals surface area (Å²) < 4.78 is 10.3. The molecule has 0 saturated heterocycles. The highest BCUT2D eigenvalue weighted by Crippen LogP contribution is 2.44. The van der Waals surface area contributed by atoms with Gasteiger partial charge in [-0.3, -0.25) is 10.1 Å². The van der Waals surface area contributed by atoms with E-state index in [4.69, 9.17) is 21.7 Å². The first kappa shape index (κ1) is 24.9. The van der Waals surface area contributed by atoms with Crippen LogP contribution in [0.1, 0.15) is 53.6 Å². The van der Waals surface area contributed by atoms with Gasteiger partial charge in [0.2, 0.25) is 5.91 Å². The fourth-order valence-electron chi connectivity index (χ4n) is 3.99. The summed E-state index contributed by atoms with van der Waals surface area (Å²) in [6.45, 7) is 6.75. The van der Waals surface area contributed by atoms with Gasteiger partial charge in [-0.25, -0.2) is 4.79 Å². The van der Waals surface area contributed by atoms with Gasteiger partial charge in [0, 0.05) is 16.5 Å². The zero-order valence-corrected chi connectivity index (χ0v) is 21.2. The monoisotopic (exact) mass is 486 g/mol. The lowest BCUT2D eigenvalue weighted by Gasteiger charge is -2.33. The van der Waals surface area contributed by atoms with E-state index in [-0.39, 0.29) is 16.4 Å². The van der Waals surface area contributed by atoms with Crippen molar-refractivity contribution in [1.29, 1.82) is 0 Å². The number of hydrogen-bond donors (Lipinski definition) is 2. The van der Waals surface area contributed by atoms with Gasteiger partial charge in [-0.15, -0.1) is 11.3 Å². The van der Waals surface area contributed by atoms with E-state index in [0.717, 1.165) is 30.4 Å². The number of nitrogens with one attached hydrogen (secondary N) is 2. The van der Waals surface area contributed by atoms with Gasteiger partial charge >= 0.3 is 5.97 Å². The van der Waals surface area contributed by atoms with Crippen LogP contribution in [0.3, 0.4) is 0 Å². The maximum atomic E-state index is 12.6. The molecule has 1 amide bonds. The minimum Gasteiger partial charge on any atom is -0.496 e. The molecule has 0 fully saturated rings.